The molecule has 4 heterocycles. The topological polar surface area (TPSA) is 130 Å². The van der Waals surface area contributed by atoms with Crippen LogP contribution in [0.2, 0.25) is 0 Å². The van der Waals surface area contributed by atoms with Crippen molar-refractivity contribution in [2.45, 2.75) is 19.9 Å². The van der Waals surface area contributed by atoms with Crippen LogP contribution < -0.4 is 17.0 Å². The molecule has 0 aliphatic carbocycles. The van der Waals surface area contributed by atoms with Crippen LogP contribution in [0.15, 0.2) is 70.5 Å². The maximum atomic E-state index is 12.4. The quantitative estimate of drug-likeness (QED) is 0.498. The smallest absolute Gasteiger partial charge is 0.252 e. The van der Waals surface area contributed by atoms with E-state index in [0.717, 1.165) is 5.56 Å². The van der Waals surface area contributed by atoms with Crippen molar-refractivity contribution in [3.63, 3.8) is 0 Å². The van der Waals surface area contributed by atoms with Crippen molar-refractivity contribution in [3.8, 4) is 22.6 Å². The maximum absolute atomic E-state index is 12.4. The van der Waals surface area contributed by atoms with Crippen LogP contribution in [0.3, 0.4) is 0 Å². The van der Waals surface area contributed by atoms with Crippen LogP contribution in [0.5, 0.6) is 0 Å². The number of hydrogen-bond donors (Lipinski definition) is 2. The number of furan rings is 1. The monoisotopic (exact) mass is 415 g/mol. The first kappa shape index (κ1) is 20.1. The fraction of sp³-hybridized carbons (Fsp3) is 0.130. The number of carbonyl (C=O) groups is 1. The molecule has 0 saturated heterocycles. The Balaban J connectivity index is 2.09. The van der Waals surface area contributed by atoms with Gasteiger partial charge in [0.15, 0.2) is 5.76 Å². The SMILES string of the molecule is CCn1cc(-c2c(-c3ccco3)nc(N)c(C(N)=O)c2Cc2cccnc2)ccc1=O. The van der Waals surface area contributed by atoms with Crippen molar-refractivity contribution in [2.75, 3.05) is 5.73 Å². The Bertz CT molecular complexity index is 1300. The van der Waals surface area contributed by atoms with Gasteiger partial charge in [-0.25, -0.2) is 4.98 Å². The number of hydrogen-bond acceptors (Lipinski definition) is 6. The van der Waals surface area contributed by atoms with Gasteiger partial charge >= 0.3 is 0 Å². The van der Waals surface area contributed by atoms with Crippen LogP contribution in [0.25, 0.3) is 22.6 Å². The highest BCUT2D eigenvalue weighted by molar-refractivity contribution is 6.02. The summed E-state index contributed by atoms with van der Waals surface area (Å²) in [7, 11) is 0. The van der Waals surface area contributed by atoms with E-state index in [1.807, 2.05) is 19.1 Å². The second-order valence-electron chi connectivity index (χ2n) is 7.00. The van der Waals surface area contributed by atoms with Crippen molar-refractivity contribution in [2.24, 2.45) is 5.73 Å². The molecule has 4 rings (SSSR count). The van der Waals surface area contributed by atoms with E-state index < -0.39 is 5.91 Å². The number of carbonyl (C=O) groups excluding carboxylic acids is 1. The summed E-state index contributed by atoms with van der Waals surface area (Å²) in [4.78, 5) is 33.2. The number of anilines is 1. The standard InChI is InChI=1S/C23H21N5O3/c1-2-28-13-15(7-8-18(28)29)19-16(11-14-5-3-9-26-12-14)20(23(25)30)22(24)27-21(19)17-6-4-10-31-17/h3-10,12-13H,2,11H2,1H3,(H2,24,27)(H2,25,30). The molecule has 0 aliphatic heterocycles. The van der Waals surface area contributed by atoms with E-state index in [1.165, 1.54) is 12.3 Å². The molecule has 4 aromatic heterocycles. The zero-order valence-corrected chi connectivity index (χ0v) is 16.9. The van der Waals surface area contributed by atoms with Crippen LogP contribution in [0.4, 0.5) is 5.82 Å². The molecule has 4 N–H and O–H groups in total. The lowest BCUT2D eigenvalue weighted by Crippen LogP contribution is -2.20. The predicted molar refractivity (Wildman–Crippen MR) is 117 cm³/mol. The lowest BCUT2D eigenvalue weighted by atomic mass is 9.90. The number of pyridine rings is 3. The molecule has 31 heavy (non-hydrogen) atoms. The molecule has 0 aliphatic rings. The van der Waals surface area contributed by atoms with Crippen LogP contribution in [0.1, 0.15) is 28.4 Å². The largest absolute Gasteiger partial charge is 0.463 e. The fourth-order valence-electron chi connectivity index (χ4n) is 3.64. The molecule has 8 heteroatoms. The number of nitrogens with zero attached hydrogens (tertiary/aromatic N) is 3. The van der Waals surface area contributed by atoms with E-state index in [4.69, 9.17) is 15.9 Å². The molecule has 0 fully saturated rings. The first-order valence-electron chi connectivity index (χ1n) is 9.75. The van der Waals surface area contributed by atoms with Crippen molar-refractivity contribution >= 4 is 11.7 Å². The first-order valence-corrected chi connectivity index (χ1v) is 9.75. The normalized spacial score (nSPS) is 10.9. The first-order chi connectivity index (χ1) is 15.0. The highest BCUT2D eigenvalue weighted by atomic mass is 16.3. The van der Waals surface area contributed by atoms with E-state index in [0.29, 0.717) is 41.1 Å². The van der Waals surface area contributed by atoms with Gasteiger partial charge in [-0.2, -0.15) is 0 Å². The number of nitrogen functional groups attached to an aromatic ring is 1. The van der Waals surface area contributed by atoms with Crippen molar-refractivity contribution in [1.29, 1.82) is 0 Å². The number of aromatic nitrogens is 3. The minimum atomic E-state index is -0.681. The summed E-state index contributed by atoms with van der Waals surface area (Å²) < 4.78 is 7.19. The van der Waals surface area contributed by atoms with Gasteiger partial charge in [0.05, 0.1) is 11.8 Å². The molecule has 0 aromatic carbocycles. The number of nitrogens with two attached hydrogens (primary N) is 2. The van der Waals surface area contributed by atoms with E-state index in [-0.39, 0.29) is 16.9 Å². The number of amides is 1. The van der Waals surface area contributed by atoms with Crippen molar-refractivity contribution in [1.82, 2.24) is 14.5 Å². The summed E-state index contributed by atoms with van der Waals surface area (Å²) in [5, 5.41) is 0. The molecule has 0 radical (unpaired) electrons. The molecular weight excluding hydrogens is 394 g/mol. The molecular formula is C23H21N5O3. The lowest BCUT2D eigenvalue weighted by molar-refractivity contribution is 0.1000. The third-order valence-corrected chi connectivity index (χ3v) is 5.05. The molecule has 156 valence electrons. The van der Waals surface area contributed by atoms with Gasteiger partial charge in [0.1, 0.15) is 11.5 Å². The van der Waals surface area contributed by atoms with Gasteiger partial charge in [-0.1, -0.05) is 6.07 Å². The van der Waals surface area contributed by atoms with Crippen molar-refractivity contribution in [3.05, 3.63) is 88.3 Å². The maximum Gasteiger partial charge on any atom is 0.252 e. The molecule has 4 aromatic rings. The summed E-state index contributed by atoms with van der Waals surface area (Å²) in [6, 6.07) is 10.4. The highest BCUT2D eigenvalue weighted by Crippen LogP contribution is 2.38. The third kappa shape index (κ3) is 3.83. The Labute approximate surface area is 178 Å². The van der Waals surface area contributed by atoms with Crippen LogP contribution >= 0.6 is 0 Å². The Morgan fingerprint density at radius 1 is 1.19 bits per heavy atom. The highest BCUT2D eigenvalue weighted by Gasteiger charge is 2.25. The molecule has 0 atom stereocenters. The zero-order valence-electron chi connectivity index (χ0n) is 16.9. The average molecular weight is 415 g/mol. The summed E-state index contributed by atoms with van der Waals surface area (Å²) in [5.41, 5.74) is 15.2. The van der Waals surface area contributed by atoms with Gasteiger partial charge in [-0.05, 0) is 42.3 Å². The Hall–Kier alpha value is -4.20. The second-order valence-corrected chi connectivity index (χ2v) is 7.00. The average Bonchev–Trinajstić information content (AvgIpc) is 3.29. The number of rotatable bonds is 6. The molecule has 0 bridgehead atoms. The van der Waals surface area contributed by atoms with E-state index in [1.54, 1.807) is 41.4 Å². The summed E-state index contributed by atoms with van der Waals surface area (Å²) >= 11 is 0. The van der Waals surface area contributed by atoms with Gasteiger partial charge in [-0.15, -0.1) is 0 Å². The number of primary amides is 1. The second kappa shape index (κ2) is 8.27. The molecule has 0 unspecified atom stereocenters. The Morgan fingerprint density at radius 3 is 2.68 bits per heavy atom. The summed E-state index contributed by atoms with van der Waals surface area (Å²) in [5.74, 6) is -0.176. The molecule has 0 spiro atoms. The summed E-state index contributed by atoms with van der Waals surface area (Å²) in [6.45, 7) is 2.37. The number of aryl methyl sites for hydroxylation is 1. The fourth-order valence-corrected chi connectivity index (χ4v) is 3.64. The van der Waals surface area contributed by atoms with E-state index in [9.17, 15) is 9.59 Å². The molecule has 1 amide bonds. The Kier molecular flexibility index (Phi) is 5.36. The zero-order chi connectivity index (χ0) is 22.0. The van der Waals surface area contributed by atoms with E-state index in [2.05, 4.69) is 9.97 Å². The minimum absolute atomic E-state index is 0.0188. The molecule has 8 nitrogen and oxygen atoms in total. The van der Waals surface area contributed by atoms with Crippen LogP contribution in [-0.2, 0) is 13.0 Å². The van der Waals surface area contributed by atoms with Crippen molar-refractivity contribution < 1.29 is 9.21 Å². The molecule has 0 saturated carbocycles. The Morgan fingerprint density at radius 2 is 2.03 bits per heavy atom. The van der Waals surface area contributed by atoms with Gasteiger partial charge in [0.25, 0.3) is 11.5 Å². The predicted octanol–water partition coefficient (Wildman–Crippen LogP) is 2.86. The van der Waals surface area contributed by atoms with Gasteiger partial charge in [-0.3, -0.25) is 14.6 Å². The van der Waals surface area contributed by atoms with Crippen LogP contribution in [0, 0.1) is 0 Å². The summed E-state index contributed by atoms with van der Waals surface area (Å²) in [6.07, 6.45) is 7.00. The minimum Gasteiger partial charge on any atom is -0.463 e. The third-order valence-electron chi connectivity index (χ3n) is 5.05. The van der Waals surface area contributed by atoms with Crippen LogP contribution in [-0.4, -0.2) is 20.4 Å². The van der Waals surface area contributed by atoms with Gasteiger partial charge in [0.2, 0.25) is 0 Å². The van der Waals surface area contributed by atoms with Gasteiger partial charge in [0, 0.05) is 48.7 Å². The van der Waals surface area contributed by atoms with E-state index >= 15 is 0 Å². The lowest BCUT2D eigenvalue weighted by Gasteiger charge is -2.19. The van der Waals surface area contributed by atoms with Gasteiger partial charge < -0.3 is 20.5 Å².